The highest BCUT2D eigenvalue weighted by Gasteiger charge is 2.35. The molecule has 31 nitrogen and oxygen atoms in total. The van der Waals surface area contributed by atoms with E-state index in [0.29, 0.717) is 12.8 Å². The molecule has 31 heteroatoms. The van der Waals surface area contributed by atoms with E-state index in [4.69, 9.17) is 51.6 Å². The van der Waals surface area contributed by atoms with E-state index in [9.17, 15) is 48.3 Å². The van der Waals surface area contributed by atoms with Crippen molar-refractivity contribution in [1.29, 1.82) is 0 Å². The molecule has 0 aromatic heterocycles. The SMILES string of the molecule is CC[C@H](C)[C@H](NC(=O)[C@H](CCCN=C(N)N)NC(=O)[C@H](CC(C)C)NC(=O)[C@H](CC(C)C)NC(=O)[C@H](CC(C)C)NC(=O)[C@@H](N)CCCN=C(N)N)C(=O)NCC(=O)N[C@@H](CCCN=C(N)N)C(=O)N[C@@H](CCCN=C(N)N)C(=O)O. The summed E-state index contributed by atoms with van der Waals surface area (Å²) in [6.45, 7) is 14.3. The summed E-state index contributed by atoms with van der Waals surface area (Å²) in [4.78, 5) is 138. The van der Waals surface area contributed by atoms with Crippen LogP contribution in [0.15, 0.2) is 20.0 Å². The predicted molar refractivity (Wildman–Crippen MR) is 310 cm³/mol. The van der Waals surface area contributed by atoms with E-state index in [1.165, 1.54) is 0 Å². The second-order valence-corrected chi connectivity index (χ2v) is 21.1. The normalized spacial score (nSPS) is 14.4. The Kier molecular flexibility index (Phi) is 35.8. The largest absolute Gasteiger partial charge is 0.480 e. The zero-order valence-electron chi connectivity index (χ0n) is 48.6. The molecule has 8 amide bonds. The Hall–Kier alpha value is -7.73. The van der Waals surface area contributed by atoms with E-state index < -0.39 is 114 Å². The predicted octanol–water partition coefficient (Wildman–Crippen LogP) is -4.69. The molecule has 462 valence electrons. The molecule has 0 rings (SSSR count). The third-order valence-corrected chi connectivity index (χ3v) is 12.3. The van der Waals surface area contributed by atoms with Gasteiger partial charge in [0.25, 0.3) is 0 Å². The van der Waals surface area contributed by atoms with Crippen LogP contribution in [0, 0.1) is 23.7 Å². The molecule has 0 radical (unpaired) electrons. The number of nitrogens with two attached hydrogens (primary N) is 9. The van der Waals surface area contributed by atoms with Gasteiger partial charge >= 0.3 is 5.97 Å². The summed E-state index contributed by atoms with van der Waals surface area (Å²) in [5, 5.41) is 30.9. The summed E-state index contributed by atoms with van der Waals surface area (Å²) in [5.41, 5.74) is 49.5. The van der Waals surface area contributed by atoms with Gasteiger partial charge in [-0.3, -0.25) is 58.3 Å². The topological polar surface area (TPSA) is 554 Å². The number of hydrogen-bond donors (Lipinski definition) is 18. The average Bonchev–Trinajstić information content (AvgIpc) is 3.39. The lowest BCUT2D eigenvalue weighted by Crippen LogP contribution is -2.60. The second-order valence-electron chi connectivity index (χ2n) is 21.1. The van der Waals surface area contributed by atoms with E-state index in [1.807, 2.05) is 41.5 Å². The molecule has 0 aromatic carbocycles. The van der Waals surface area contributed by atoms with Crippen LogP contribution in [0.3, 0.4) is 0 Å². The minimum atomic E-state index is -1.37. The minimum Gasteiger partial charge on any atom is -0.480 e. The first kappa shape index (κ1) is 73.3. The molecule has 0 fully saturated rings. The lowest BCUT2D eigenvalue weighted by atomic mass is 9.97. The quantitative estimate of drug-likeness (QED) is 0.0155. The molecular weight excluding hydrogens is 1050 g/mol. The van der Waals surface area contributed by atoms with Crippen LogP contribution >= 0.6 is 0 Å². The number of amides is 8. The number of nitrogens with one attached hydrogen (secondary N) is 8. The van der Waals surface area contributed by atoms with Crippen molar-refractivity contribution in [3.63, 3.8) is 0 Å². The molecule has 0 saturated carbocycles. The third kappa shape index (κ3) is 33.5. The Labute approximate surface area is 475 Å². The van der Waals surface area contributed by atoms with Crippen LogP contribution in [0.2, 0.25) is 0 Å². The zero-order chi connectivity index (χ0) is 61.9. The van der Waals surface area contributed by atoms with Crippen molar-refractivity contribution in [3.05, 3.63) is 0 Å². The van der Waals surface area contributed by atoms with Crippen molar-refractivity contribution in [1.82, 2.24) is 42.5 Å². The van der Waals surface area contributed by atoms with Gasteiger partial charge in [0, 0.05) is 26.2 Å². The molecule has 27 N–H and O–H groups in total. The molecule has 9 atom stereocenters. The summed E-state index contributed by atoms with van der Waals surface area (Å²) in [6.07, 6.45) is 1.86. The molecule has 0 spiro atoms. The average molecular weight is 1150 g/mol. The molecule has 0 aliphatic heterocycles. The number of guanidine groups is 4. The standard InChI is InChI=1S/C50H97N21O10/c1-9-29(8)38(45(79)64-25-37(72)65-31(15-11-19-61-48(54)55)40(74)67-33(46(80)81)17-13-21-63-50(58)59)71-41(75)32(16-12-20-62-49(56)57)66-42(76)35(23-27(4)5)69-44(78)36(24-28(6)7)70-43(77)34(22-26(2)3)68-39(73)30(51)14-10-18-60-47(52)53/h26-36,38H,9-25,51H2,1-8H3,(H,64,79)(H,65,72)(H,66,76)(H,67,74)(H,68,73)(H,69,78)(H,70,77)(H,71,75)(H,80,81)(H4,52,53,60)(H4,54,55,61)(H4,56,57,62)(H4,58,59,63)/t29-,30-,31-,32-,33-,34-,35-,36-,38-/m0/s1. The maximum atomic E-state index is 14.3. The Morgan fingerprint density at radius 3 is 1.07 bits per heavy atom. The third-order valence-electron chi connectivity index (χ3n) is 12.3. The monoisotopic (exact) mass is 1150 g/mol. The molecule has 81 heavy (non-hydrogen) atoms. The zero-order valence-corrected chi connectivity index (χ0v) is 48.6. The van der Waals surface area contributed by atoms with Crippen molar-refractivity contribution < 1.29 is 48.3 Å². The fourth-order valence-electron chi connectivity index (χ4n) is 7.91. The maximum absolute atomic E-state index is 14.3. The second kappa shape index (κ2) is 39.6. The van der Waals surface area contributed by atoms with E-state index >= 15 is 0 Å². The lowest BCUT2D eigenvalue weighted by molar-refractivity contribution is -0.142. The van der Waals surface area contributed by atoms with Crippen LogP contribution in [0.4, 0.5) is 0 Å². The van der Waals surface area contributed by atoms with E-state index in [2.05, 4.69) is 62.5 Å². The van der Waals surface area contributed by atoms with E-state index in [-0.39, 0.29) is 132 Å². The van der Waals surface area contributed by atoms with Crippen LogP contribution in [-0.2, 0) is 43.2 Å². The fourth-order valence-corrected chi connectivity index (χ4v) is 7.91. The summed E-state index contributed by atoms with van der Waals surface area (Å²) < 4.78 is 0. The van der Waals surface area contributed by atoms with Crippen molar-refractivity contribution in [2.45, 2.75) is 181 Å². The Morgan fingerprint density at radius 1 is 0.407 bits per heavy atom. The maximum Gasteiger partial charge on any atom is 0.326 e. The van der Waals surface area contributed by atoms with Crippen LogP contribution in [0.25, 0.3) is 0 Å². The molecule has 0 aromatic rings. The Balaban J connectivity index is 6.61. The van der Waals surface area contributed by atoms with Crippen molar-refractivity contribution in [2.75, 3.05) is 32.7 Å². The molecule has 0 bridgehead atoms. The van der Waals surface area contributed by atoms with Crippen molar-refractivity contribution >= 4 is 77.1 Å². The smallest absolute Gasteiger partial charge is 0.326 e. The van der Waals surface area contributed by atoms with Gasteiger partial charge in [0.1, 0.15) is 42.3 Å². The Bertz CT molecular complexity index is 2140. The van der Waals surface area contributed by atoms with Gasteiger partial charge in [0.2, 0.25) is 47.3 Å². The number of rotatable bonds is 41. The van der Waals surface area contributed by atoms with Gasteiger partial charge in [-0.2, -0.15) is 0 Å². The van der Waals surface area contributed by atoms with E-state index in [0.717, 1.165) is 0 Å². The van der Waals surface area contributed by atoms with Gasteiger partial charge in [0.05, 0.1) is 12.6 Å². The van der Waals surface area contributed by atoms with Crippen LogP contribution < -0.4 is 94.1 Å². The van der Waals surface area contributed by atoms with Crippen molar-refractivity contribution in [3.8, 4) is 0 Å². The summed E-state index contributed by atoms with van der Waals surface area (Å²) in [6, 6.07) is -9.73. The molecule has 0 heterocycles. The highest BCUT2D eigenvalue weighted by molar-refractivity contribution is 5.97. The van der Waals surface area contributed by atoms with Crippen LogP contribution in [-0.4, -0.2) is 163 Å². The molecule has 0 saturated heterocycles. The summed E-state index contributed by atoms with van der Waals surface area (Å²) in [5.74, 6) is -8.92. The van der Waals surface area contributed by atoms with E-state index in [1.54, 1.807) is 13.8 Å². The van der Waals surface area contributed by atoms with Gasteiger partial charge < -0.3 is 99.2 Å². The first-order valence-electron chi connectivity index (χ1n) is 27.5. The number of nitrogens with zero attached hydrogens (tertiary/aromatic N) is 4. The fraction of sp³-hybridized carbons (Fsp3) is 0.740. The highest BCUT2D eigenvalue weighted by atomic mass is 16.4. The van der Waals surface area contributed by atoms with Crippen LogP contribution in [0.5, 0.6) is 0 Å². The van der Waals surface area contributed by atoms with Gasteiger partial charge in [-0.15, -0.1) is 0 Å². The first-order valence-corrected chi connectivity index (χ1v) is 27.5. The number of carbonyl (C=O) groups is 9. The molecule has 0 aliphatic rings. The lowest BCUT2D eigenvalue weighted by Gasteiger charge is -2.29. The number of aliphatic carboxylic acids is 1. The first-order chi connectivity index (χ1) is 37.9. The number of carboxylic acids is 1. The van der Waals surface area contributed by atoms with Crippen molar-refractivity contribution in [2.24, 2.45) is 95.2 Å². The number of hydrogen-bond acceptors (Lipinski definition) is 14. The number of carboxylic acid groups (broad SMARTS) is 1. The number of carbonyl (C=O) groups excluding carboxylic acids is 8. The Morgan fingerprint density at radius 2 is 0.716 bits per heavy atom. The van der Waals surface area contributed by atoms with Crippen LogP contribution in [0.1, 0.15) is 132 Å². The van der Waals surface area contributed by atoms with Gasteiger partial charge in [-0.25, -0.2) is 4.79 Å². The van der Waals surface area contributed by atoms with Gasteiger partial charge in [-0.1, -0.05) is 61.8 Å². The molecular formula is C50H97N21O10. The van der Waals surface area contributed by atoms with Gasteiger partial charge in [0.15, 0.2) is 23.8 Å². The summed E-state index contributed by atoms with van der Waals surface area (Å²) >= 11 is 0. The number of aliphatic imine (C=N–C) groups is 4. The molecule has 0 aliphatic carbocycles. The minimum absolute atomic E-state index is 0.0390. The summed E-state index contributed by atoms with van der Waals surface area (Å²) in [7, 11) is 0. The van der Waals surface area contributed by atoms with Gasteiger partial charge in [-0.05, 0) is 94.3 Å². The molecule has 0 unspecified atom stereocenters. The highest BCUT2D eigenvalue weighted by Crippen LogP contribution is 2.14.